The third kappa shape index (κ3) is 7.02. The number of rotatable bonds is 7. The summed E-state index contributed by atoms with van der Waals surface area (Å²) in [6.45, 7) is 17.3. The van der Waals surface area contributed by atoms with Crippen molar-refractivity contribution >= 4 is 5.96 Å². The van der Waals surface area contributed by atoms with Crippen LogP contribution in [-0.4, -0.2) is 100 Å². The number of hydrogen-bond acceptors (Lipinski definition) is 5. The van der Waals surface area contributed by atoms with Crippen LogP contribution in [0.3, 0.4) is 0 Å². The number of morpholine rings is 2. The Kier molecular flexibility index (Phi) is 9.11. The Morgan fingerprint density at radius 2 is 2.00 bits per heavy atom. The van der Waals surface area contributed by atoms with Crippen LogP contribution in [0.4, 0.5) is 0 Å². The molecule has 0 aliphatic carbocycles. The zero-order valence-corrected chi connectivity index (χ0v) is 17.3. The molecule has 3 atom stereocenters. The molecule has 2 N–H and O–H groups in total. The highest BCUT2D eigenvalue weighted by Gasteiger charge is 2.24. The summed E-state index contributed by atoms with van der Waals surface area (Å²) >= 11 is 0. The number of aliphatic imine (C=N–C) groups is 1. The van der Waals surface area contributed by atoms with Crippen molar-refractivity contribution in [3.05, 3.63) is 0 Å². The predicted octanol–water partition coefficient (Wildman–Crippen LogP) is 0.617. The average Bonchev–Trinajstić information content (AvgIpc) is 2.62. The highest BCUT2D eigenvalue weighted by Crippen LogP contribution is 2.10. The van der Waals surface area contributed by atoms with Crippen LogP contribution in [0.1, 0.15) is 27.7 Å². The zero-order chi connectivity index (χ0) is 18.9. The molecule has 26 heavy (non-hydrogen) atoms. The lowest BCUT2D eigenvalue weighted by Crippen LogP contribution is -2.54. The fraction of sp³-hybridized carbons (Fsp3) is 0.947. The normalized spacial score (nSPS) is 27.5. The molecule has 2 rings (SSSR count). The fourth-order valence-corrected chi connectivity index (χ4v) is 3.77. The van der Waals surface area contributed by atoms with E-state index in [4.69, 9.17) is 9.47 Å². The molecule has 7 heteroatoms. The van der Waals surface area contributed by atoms with Crippen LogP contribution in [0.15, 0.2) is 4.99 Å². The van der Waals surface area contributed by atoms with Crippen molar-refractivity contribution < 1.29 is 9.47 Å². The summed E-state index contributed by atoms with van der Waals surface area (Å²) < 4.78 is 11.4. The minimum absolute atomic E-state index is 0.220. The van der Waals surface area contributed by atoms with Crippen LogP contribution < -0.4 is 10.6 Å². The van der Waals surface area contributed by atoms with E-state index in [-0.39, 0.29) is 6.10 Å². The SMILES string of the molecule is CN=C(NCC1CN(CC(C)C)CCO1)NCC(C)N1CCOCC1C. The zero-order valence-electron chi connectivity index (χ0n) is 17.3. The maximum atomic E-state index is 5.91. The van der Waals surface area contributed by atoms with Gasteiger partial charge in [0, 0.05) is 58.4 Å². The van der Waals surface area contributed by atoms with Crippen molar-refractivity contribution in [2.24, 2.45) is 10.9 Å². The predicted molar refractivity (Wildman–Crippen MR) is 107 cm³/mol. The second kappa shape index (κ2) is 11.1. The first-order valence-corrected chi connectivity index (χ1v) is 10.1. The van der Waals surface area contributed by atoms with Gasteiger partial charge >= 0.3 is 0 Å². The Hall–Kier alpha value is -0.890. The molecule has 0 bridgehead atoms. The fourth-order valence-electron chi connectivity index (χ4n) is 3.77. The molecule has 152 valence electrons. The first kappa shape index (κ1) is 21.4. The lowest BCUT2D eigenvalue weighted by Gasteiger charge is -2.38. The van der Waals surface area contributed by atoms with Crippen LogP contribution in [-0.2, 0) is 9.47 Å². The number of guanidine groups is 1. The van der Waals surface area contributed by atoms with Crippen molar-refractivity contribution in [3.8, 4) is 0 Å². The van der Waals surface area contributed by atoms with Gasteiger partial charge in [-0.15, -0.1) is 0 Å². The van der Waals surface area contributed by atoms with Gasteiger partial charge in [-0.1, -0.05) is 13.8 Å². The molecule has 0 aromatic rings. The molecule has 0 saturated carbocycles. The minimum atomic E-state index is 0.220. The Bertz CT molecular complexity index is 432. The highest BCUT2D eigenvalue weighted by molar-refractivity contribution is 5.79. The molecule has 2 aliphatic rings. The monoisotopic (exact) mass is 369 g/mol. The van der Waals surface area contributed by atoms with E-state index in [2.05, 4.69) is 53.1 Å². The van der Waals surface area contributed by atoms with Crippen molar-refractivity contribution in [2.75, 3.05) is 66.1 Å². The Labute approximate surface area is 159 Å². The van der Waals surface area contributed by atoms with Gasteiger partial charge in [-0.05, 0) is 19.8 Å². The van der Waals surface area contributed by atoms with Gasteiger partial charge in [-0.2, -0.15) is 0 Å². The highest BCUT2D eigenvalue weighted by atomic mass is 16.5. The molecule has 0 amide bonds. The van der Waals surface area contributed by atoms with Gasteiger partial charge in [0.2, 0.25) is 0 Å². The first-order valence-electron chi connectivity index (χ1n) is 10.1. The molecule has 2 aliphatic heterocycles. The summed E-state index contributed by atoms with van der Waals surface area (Å²) in [6, 6.07) is 0.915. The summed E-state index contributed by atoms with van der Waals surface area (Å²) in [6.07, 6.45) is 0.220. The number of ether oxygens (including phenoxy) is 2. The average molecular weight is 370 g/mol. The second-order valence-electron chi connectivity index (χ2n) is 7.99. The topological polar surface area (TPSA) is 61.4 Å². The third-order valence-corrected chi connectivity index (χ3v) is 5.12. The van der Waals surface area contributed by atoms with Crippen LogP contribution in [0.5, 0.6) is 0 Å². The van der Waals surface area contributed by atoms with Gasteiger partial charge in [0.05, 0.1) is 25.9 Å². The molecule has 0 aromatic heterocycles. The molecule has 0 aromatic carbocycles. The Morgan fingerprint density at radius 3 is 2.69 bits per heavy atom. The van der Waals surface area contributed by atoms with Crippen LogP contribution >= 0.6 is 0 Å². The first-order chi connectivity index (χ1) is 12.5. The second-order valence-corrected chi connectivity index (χ2v) is 7.99. The standard InChI is InChI=1S/C19H39N5O2/c1-15(2)12-23-6-9-26-18(13-23)11-22-19(20-5)21-10-16(3)24-7-8-25-14-17(24)4/h15-18H,6-14H2,1-5H3,(H2,20,21,22). The Balaban J connectivity index is 1.70. The maximum absolute atomic E-state index is 5.91. The van der Waals surface area contributed by atoms with Gasteiger partial charge in [-0.25, -0.2) is 0 Å². The van der Waals surface area contributed by atoms with E-state index in [1.54, 1.807) is 0 Å². The van der Waals surface area contributed by atoms with Crippen molar-refractivity contribution in [1.82, 2.24) is 20.4 Å². The van der Waals surface area contributed by atoms with Gasteiger partial charge in [-0.3, -0.25) is 14.8 Å². The van der Waals surface area contributed by atoms with Gasteiger partial charge in [0.15, 0.2) is 5.96 Å². The van der Waals surface area contributed by atoms with Gasteiger partial charge in [0.25, 0.3) is 0 Å². The molecular formula is C19H39N5O2. The van der Waals surface area contributed by atoms with E-state index in [9.17, 15) is 0 Å². The maximum Gasteiger partial charge on any atom is 0.191 e. The quantitative estimate of drug-likeness (QED) is 0.507. The summed E-state index contributed by atoms with van der Waals surface area (Å²) in [5.74, 6) is 1.54. The van der Waals surface area contributed by atoms with Crippen LogP contribution in [0.25, 0.3) is 0 Å². The van der Waals surface area contributed by atoms with Crippen molar-refractivity contribution in [3.63, 3.8) is 0 Å². The largest absolute Gasteiger partial charge is 0.379 e. The number of nitrogens with one attached hydrogen (secondary N) is 2. The van der Waals surface area contributed by atoms with E-state index in [0.29, 0.717) is 18.0 Å². The molecular weight excluding hydrogens is 330 g/mol. The molecule has 2 heterocycles. The van der Waals surface area contributed by atoms with E-state index in [0.717, 1.165) is 65.0 Å². The molecule has 2 fully saturated rings. The number of nitrogens with zero attached hydrogens (tertiary/aromatic N) is 3. The van der Waals surface area contributed by atoms with E-state index in [1.807, 2.05) is 7.05 Å². The summed E-state index contributed by atoms with van der Waals surface area (Å²) in [7, 11) is 1.82. The van der Waals surface area contributed by atoms with Crippen LogP contribution in [0.2, 0.25) is 0 Å². The van der Waals surface area contributed by atoms with E-state index >= 15 is 0 Å². The molecule has 0 spiro atoms. The minimum Gasteiger partial charge on any atom is -0.379 e. The molecule has 3 unspecified atom stereocenters. The van der Waals surface area contributed by atoms with E-state index in [1.165, 1.54) is 0 Å². The van der Waals surface area contributed by atoms with E-state index < -0.39 is 0 Å². The summed E-state index contributed by atoms with van der Waals surface area (Å²) in [5.41, 5.74) is 0. The molecule has 0 radical (unpaired) electrons. The van der Waals surface area contributed by atoms with Gasteiger partial charge < -0.3 is 20.1 Å². The lowest BCUT2D eigenvalue weighted by molar-refractivity contribution is -0.0285. The lowest BCUT2D eigenvalue weighted by atomic mass is 10.2. The molecule has 2 saturated heterocycles. The third-order valence-electron chi connectivity index (χ3n) is 5.12. The number of hydrogen-bond donors (Lipinski definition) is 2. The van der Waals surface area contributed by atoms with Crippen molar-refractivity contribution in [2.45, 2.75) is 45.9 Å². The summed E-state index contributed by atoms with van der Waals surface area (Å²) in [4.78, 5) is 9.35. The van der Waals surface area contributed by atoms with Gasteiger partial charge in [0.1, 0.15) is 0 Å². The Morgan fingerprint density at radius 1 is 1.19 bits per heavy atom. The summed E-state index contributed by atoms with van der Waals surface area (Å²) in [5, 5.41) is 6.88. The van der Waals surface area contributed by atoms with Crippen molar-refractivity contribution in [1.29, 1.82) is 0 Å². The molecule has 7 nitrogen and oxygen atoms in total. The smallest absolute Gasteiger partial charge is 0.191 e. The van der Waals surface area contributed by atoms with Crippen LogP contribution in [0, 0.1) is 5.92 Å².